The van der Waals surface area contributed by atoms with Crippen molar-refractivity contribution in [2.24, 2.45) is 0 Å². The molecule has 2 aliphatic carbocycles. The van der Waals surface area contributed by atoms with Gasteiger partial charge in [-0.25, -0.2) is 0 Å². The summed E-state index contributed by atoms with van der Waals surface area (Å²) in [7, 11) is 0. The highest BCUT2D eigenvalue weighted by molar-refractivity contribution is 6.13. The van der Waals surface area contributed by atoms with Gasteiger partial charge in [0.1, 0.15) is 0 Å². The molecule has 1 nitrogen and oxygen atoms in total. The molecule has 0 atom stereocenters. The first kappa shape index (κ1) is 17.4. The number of aromatic nitrogens is 1. The zero-order valence-electron chi connectivity index (χ0n) is 18.7. The summed E-state index contributed by atoms with van der Waals surface area (Å²) in [5.74, 6) is 0. The van der Waals surface area contributed by atoms with E-state index >= 15 is 0 Å². The highest BCUT2D eigenvalue weighted by atomic mass is 15.0. The first-order valence-electron chi connectivity index (χ1n) is 12.3. The Morgan fingerprint density at radius 2 is 1.32 bits per heavy atom. The third-order valence-electron chi connectivity index (χ3n) is 8.43. The number of benzene rings is 5. The van der Waals surface area contributed by atoms with Crippen LogP contribution in [0.4, 0.5) is 0 Å². The molecule has 0 N–H and O–H groups in total. The molecule has 6 aromatic rings. The molecular weight excluding hydrogens is 410 g/mol. The molecule has 0 unspecified atom stereocenters. The Morgan fingerprint density at radius 3 is 2.29 bits per heavy atom. The van der Waals surface area contributed by atoms with Crippen LogP contribution in [-0.4, -0.2) is 4.57 Å². The lowest BCUT2D eigenvalue weighted by Gasteiger charge is -2.20. The van der Waals surface area contributed by atoms with Crippen molar-refractivity contribution < 1.29 is 0 Å². The van der Waals surface area contributed by atoms with Crippen LogP contribution in [0.3, 0.4) is 0 Å². The van der Waals surface area contributed by atoms with Gasteiger partial charge in [0, 0.05) is 22.9 Å². The average molecular weight is 432 g/mol. The van der Waals surface area contributed by atoms with E-state index in [-0.39, 0.29) is 0 Å². The fraction of sp³-hybridized carbons (Fsp3) is 0.0909. The van der Waals surface area contributed by atoms with Crippen LogP contribution in [0, 0.1) is 0 Å². The number of rotatable bonds is 0. The van der Waals surface area contributed by atoms with Crippen molar-refractivity contribution in [3.63, 3.8) is 0 Å². The largest absolute Gasteiger partial charge is 0.309 e. The van der Waals surface area contributed by atoms with E-state index in [1.54, 1.807) is 0 Å². The number of hydrogen-bond donors (Lipinski definition) is 0. The van der Waals surface area contributed by atoms with Crippen molar-refractivity contribution >= 4 is 21.8 Å². The van der Waals surface area contributed by atoms with Gasteiger partial charge in [0.25, 0.3) is 0 Å². The normalized spacial score (nSPS) is 14.1. The van der Waals surface area contributed by atoms with Crippen molar-refractivity contribution in [3.8, 4) is 27.9 Å². The fourth-order valence-electron chi connectivity index (χ4n) is 7.03. The van der Waals surface area contributed by atoms with Gasteiger partial charge in [0.05, 0.1) is 11.0 Å². The second-order valence-corrected chi connectivity index (χ2v) is 10.1. The maximum atomic E-state index is 2.53. The summed E-state index contributed by atoms with van der Waals surface area (Å²) >= 11 is 0. The predicted molar refractivity (Wildman–Crippen MR) is 140 cm³/mol. The van der Waals surface area contributed by atoms with Gasteiger partial charge in [0.15, 0.2) is 0 Å². The van der Waals surface area contributed by atoms with Crippen LogP contribution in [0.1, 0.15) is 33.4 Å². The van der Waals surface area contributed by atoms with Crippen LogP contribution in [0.5, 0.6) is 0 Å². The zero-order chi connectivity index (χ0) is 22.0. The van der Waals surface area contributed by atoms with Gasteiger partial charge in [-0.2, -0.15) is 0 Å². The molecule has 34 heavy (non-hydrogen) atoms. The SMILES string of the molecule is c1ccc2c(c1)Cc1c-2ccc2c1-c1cc3c4cccc5c4n(c3cc1C2)-c1ccccc1C5. The lowest BCUT2D eigenvalue weighted by atomic mass is 9.94. The Morgan fingerprint density at radius 1 is 0.500 bits per heavy atom. The first-order valence-corrected chi connectivity index (χ1v) is 12.3. The van der Waals surface area contributed by atoms with Crippen LogP contribution in [0.15, 0.2) is 91.0 Å². The molecule has 1 aliphatic heterocycles. The van der Waals surface area contributed by atoms with Crippen molar-refractivity contribution in [1.29, 1.82) is 0 Å². The standard InChI is InChI=1S/C33H21N/c1-3-9-24-19(6-1)16-29-25(24)13-12-21-15-23-17-31-28(18-27(23)32(21)29)26-10-5-8-22-14-20-7-2-4-11-30(20)34(31)33(22)26/h1-13,17-18H,14-16H2. The molecule has 0 saturated heterocycles. The first-order chi connectivity index (χ1) is 16.8. The molecule has 0 saturated carbocycles. The molecule has 0 bridgehead atoms. The van der Waals surface area contributed by atoms with Gasteiger partial charge in [-0.15, -0.1) is 0 Å². The van der Waals surface area contributed by atoms with Crippen molar-refractivity contribution in [1.82, 2.24) is 4.57 Å². The van der Waals surface area contributed by atoms with Gasteiger partial charge >= 0.3 is 0 Å². The molecule has 1 heteroatoms. The number of hydrogen-bond acceptors (Lipinski definition) is 0. The van der Waals surface area contributed by atoms with Crippen LogP contribution >= 0.6 is 0 Å². The summed E-state index contributed by atoms with van der Waals surface area (Å²) < 4.78 is 2.53. The molecule has 1 aromatic heterocycles. The van der Waals surface area contributed by atoms with Gasteiger partial charge in [-0.05, 0) is 86.7 Å². The second kappa shape index (κ2) is 5.87. The van der Waals surface area contributed by atoms with E-state index in [1.807, 2.05) is 0 Å². The topological polar surface area (TPSA) is 4.93 Å². The van der Waals surface area contributed by atoms with Crippen molar-refractivity contribution in [2.45, 2.75) is 19.3 Å². The zero-order valence-corrected chi connectivity index (χ0v) is 18.7. The Hall–Kier alpha value is -4.10. The van der Waals surface area contributed by atoms with E-state index in [2.05, 4.69) is 95.6 Å². The smallest absolute Gasteiger partial charge is 0.0576 e. The van der Waals surface area contributed by atoms with Crippen LogP contribution < -0.4 is 0 Å². The Bertz CT molecular complexity index is 1880. The maximum absolute atomic E-state index is 2.53. The van der Waals surface area contributed by atoms with E-state index in [9.17, 15) is 0 Å². The van der Waals surface area contributed by atoms with Gasteiger partial charge in [0.2, 0.25) is 0 Å². The van der Waals surface area contributed by atoms with Crippen molar-refractivity contribution in [2.75, 3.05) is 0 Å². The van der Waals surface area contributed by atoms with Crippen LogP contribution in [0.25, 0.3) is 49.7 Å². The molecule has 5 aromatic carbocycles. The Balaban J connectivity index is 1.37. The minimum atomic E-state index is 1.01. The third-order valence-corrected chi connectivity index (χ3v) is 8.43. The summed E-state index contributed by atoms with van der Waals surface area (Å²) in [6.07, 6.45) is 3.09. The Kier molecular flexibility index (Phi) is 3.00. The lowest BCUT2D eigenvalue weighted by Crippen LogP contribution is -2.07. The summed E-state index contributed by atoms with van der Waals surface area (Å²) in [5.41, 5.74) is 18.7. The summed E-state index contributed by atoms with van der Waals surface area (Å²) in [5, 5.41) is 2.77. The second-order valence-electron chi connectivity index (χ2n) is 10.1. The highest BCUT2D eigenvalue weighted by Crippen LogP contribution is 2.50. The summed E-state index contributed by atoms with van der Waals surface area (Å²) in [6, 6.07) is 34.5. The number of para-hydroxylation sites is 2. The lowest BCUT2D eigenvalue weighted by molar-refractivity contribution is 1.04. The van der Waals surface area contributed by atoms with Gasteiger partial charge in [-0.1, -0.05) is 72.8 Å². The van der Waals surface area contributed by atoms with Crippen LogP contribution in [-0.2, 0) is 19.3 Å². The molecular formula is C33H21N. The highest BCUT2D eigenvalue weighted by Gasteiger charge is 2.30. The van der Waals surface area contributed by atoms with Gasteiger partial charge < -0.3 is 4.57 Å². The van der Waals surface area contributed by atoms with E-state index in [4.69, 9.17) is 0 Å². The monoisotopic (exact) mass is 431 g/mol. The number of fused-ring (bicyclic) bond motifs is 12. The molecule has 3 aliphatic rings. The van der Waals surface area contributed by atoms with E-state index in [0.717, 1.165) is 19.3 Å². The molecule has 0 spiro atoms. The summed E-state index contributed by atoms with van der Waals surface area (Å²) in [4.78, 5) is 0. The molecule has 0 radical (unpaired) electrons. The van der Waals surface area contributed by atoms with Gasteiger partial charge in [-0.3, -0.25) is 0 Å². The maximum Gasteiger partial charge on any atom is 0.0576 e. The quantitative estimate of drug-likeness (QED) is 0.231. The van der Waals surface area contributed by atoms with Crippen molar-refractivity contribution in [3.05, 3.63) is 124 Å². The fourth-order valence-corrected chi connectivity index (χ4v) is 7.03. The predicted octanol–water partition coefficient (Wildman–Crippen LogP) is 7.83. The number of nitrogens with zero attached hydrogens (tertiary/aromatic N) is 1. The average Bonchev–Trinajstić information content (AvgIpc) is 3.53. The minimum absolute atomic E-state index is 1.01. The summed E-state index contributed by atoms with van der Waals surface area (Å²) in [6.45, 7) is 0. The third kappa shape index (κ3) is 1.98. The molecule has 0 amide bonds. The van der Waals surface area contributed by atoms with Crippen LogP contribution in [0.2, 0.25) is 0 Å². The minimum Gasteiger partial charge on any atom is -0.309 e. The van der Waals surface area contributed by atoms with E-state index < -0.39 is 0 Å². The van der Waals surface area contributed by atoms with E-state index in [0.29, 0.717) is 0 Å². The Labute approximate surface area is 197 Å². The molecule has 158 valence electrons. The molecule has 2 heterocycles. The molecule has 9 rings (SSSR count). The van der Waals surface area contributed by atoms with E-state index in [1.165, 1.54) is 83.1 Å². The molecule has 0 fully saturated rings.